The van der Waals surface area contributed by atoms with E-state index < -0.39 is 0 Å². The van der Waals surface area contributed by atoms with Gasteiger partial charge in [-0.1, -0.05) is 18.3 Å². The summed E-state index contributed by atoms with van der Waals surface area (Å²) in [6, 6.07) is 0. The minimum atomic E-state index is 0.0299. The van der Waals surface area contributed by atoms with Crippen LogP contribution in [0, 0.1) is 5.41 Å². The fourth-order valence-electron chi connectivity index (χ4n) is 2.17. The normalized spacial score (nSPS) is 25.8. The molecule has 0 amide bonds. The van der Waals surface area contributed by atoms with Gasteiger partial charge in [-0.2, -0.15) is 0 Å². The summed E-state index contributed by atoms with van der Waals surface area (Å²) < 4.78 is 0. The number of rotatable bonds is 4. The number of H-pyrrole nitrogens is 1. The smallest absolute Gasteiger partial charge is 0.304 e. The van der Waals surface area contributed by atoms with E-state index in [0.29, 0.717) is 5.41 Å². The third kappa shape index (κ3) is 3.17. The van der Waals surface area contributed by atoms with Crippen LogP contribution in [0.5, 0.6) is 0 Å². The molecule has 5 heteroatoms. The van der Waals surface area contributed by atoms with Crippen molar-refractivity contribution in [2.75, 3.05) is 19.6 Å². The Morgan fingerprint density at radius 1 is 1.62 bits per heavy atom. The van der Waals surface area contributed by atoms with Crippen molar-refractivity contribution in [1.29, 1.82) is 0 Å². The number of aromatic nitrogens is 1. The van der Waals surface area contributed by atoms with Crippen LogP contribution in [0.3, 0.4) is 0 Å². The van der Waals surface area contributed by atoms with Crippen molar-refractivity contribution in [1.82, 2.24) is 15.6 Å². The zero-order valence-corrected chi connectivity index (χ0v) is 10.5. The molecule has 1 saturated heterocycles. The molecule has 1 fully saturated rings. The topological polar surface area (TPSA) is 56.9 Å². The lowest BCUT2D eigenvalue weighted by atomic mass is 9.83. The van der Waals surface area contributed by atoms with Gasteiger partial charge in [0.15, 0.2) is 0 Å². The summed E-state index contributed by atoms with van der Waals surface area (Å²) in [4.78, 5) is 13.8. The van der Waals surface area contributed by atoms with Crippen molar-refractivity contribution in [3.05, 3.63) is 20.7 Å². The highest BCUT2D eigenvalue weighted by molar-refractivity contribution is 7.07. The van der Waals surface area contributed by atoms with E-state index in [9.17, 15) is 4.79 Å². The molecule has 3 N–H and O–H groups in total. The van der Waals surface area contributed by atoms with Crippen LogP contribution in [0.4, 0.5) is 0 Å². The van der Waals surface area contributed by atoms with Gasteiger partial charge in [0.1, 0.15) is 0 Å². The third-order valence-electron chi connectivity index (χ3n) is 3.12. The van der Waals surface area contributed by atoms with E-state index in [2.05, 4.69) is 22.5 Å². The standard InChI is InChI=1S/C11H19N3OS/c1-11(3-2-4-12-7-11)8-13-5-9-6-16-10(15)14-9/h6,12-13H,2-5,7-8H2,1H3,(H,14,15). The Bertz CT molecular complexity index is 379. The number of nitrogens with one attached hydrogen (secondary N) is 3. The molecule has 1 aromatic rings. The van der Waals surface area contributed by atoms with Crippen molar-refractivity contribution in [3.8, 4) is 0 Å². The minimum absolute atomic E-state index is 0.0299. The zero-order valence-electron chi connectivity index (χ0n) is 9.64. The first-order chi connectivity index (χ1) is 7.68. The van der Waals surface area contributed by atoms with Gasteiger partial charge < -0.3 is 15.6 Å². The molecule has 16 heavy (non-hydrogen) atoms. The molecule has 2 heterocycles. The summed E-state index contributed by atoms with van der Waals surface area (Å²) in [6.45, 7) is 6.29. The average Bonchev–Trinajstić information content (AvgIpc) is 2.65. The molecule has 0 aliphatic carbocycles. The highest BCUT2D eigenvalue weighted by Gasteiger charge is 2.25. The molecule has 0 spiro atoms. The Labute approximate surface area is 99.5 Å². The number of thiazole rings is 1. The summed E-state index contributed by atoms with van der Waals surface area (Å²) >= 11 is 1.23. The monoisotopic (exact) mass is 241 g/mol. The van der Waals surface area contributed by atoms with Gasteiger partial charge in [-0.05, 0) is 24.8 Å². The average molecular weight is 241 g/mol. The van der Waals surface area contributed by atoms with Crippen molar-refractivity contribution in [2.45, 2.75) is 26.3 Å². The number of hydrogen-bond donors (Lipinski definition) is 3. The van der Waals surface area contributed by atoms with Gasteiger partial charge in [0.25, 0.3) is 0 Å². The fourth-order valence-corrected chi connectivity index (χ4v) is 2.75. The van der Waals surface area contributed by atoms with Crippen molar-refractivity contribution >= 4 is 11.3 Å². The fraction of sp³-hybridized carbons (Fsp3) is 0.727. The minimum Gasteiger partial charge on any atom is -0.316 e. The molecule has 1 aliphatic heterocycles. The molecule has 1 unspecified atom stereocenters. The molecule has 2 rings (SSSR count). The Morgan fingerprint density at radius 2 is 2.50 bits per heavy atom. The quantitative estimate of drug-likeness (QED) is 0.734. The zero-order chi connectivity index (χ0) is 11.4. The highest BCUT2D eigenvalue weighted by Crippen LogP contribution is 2.24. The largest absolute Gasteiger partial charge is 0.316 e. The second-order valence-electron chi connectivity index (χ2n) is 4.87. The van der Waals surface area contributed by atoms with Gasteiger partial charge >= 0.3 is 4.87 Å². The van der Waals surface area contributed by atoms with Crippen LogP contribution in [0.2, 0.25) is 0 Å². The Morgan fingerprint density at radius 3 is 3.12 bits per heavy atom. The molecule has 0 saturated carbocycles. The lowest BCUT2D eigenvalue weighted by Gasteiger charge is -2.34. The Kier molecular flexibility index (Phi) is 3.78. The van der Waals surface area contributed by atoms with Crippen molar-refractivity contribution in [3.63, 3.8) is 0 Å². The molecule has 0 bridgehead atoms. The molecule has 0 aromatic carbocycles. The van der Waals surface area contributed by atoms with E-state index >= 15 is 0 Å². The molecule has 1 aliphatic rings. The first-order valence-corrected chi connectivity index (χ1v) is 6.64. The molecular formula is C11H19N3OS. The predicted octanol–water partition coefficient (Wildman–Crippen LogP) is 0.916. The lowest BCUT2D eigenvalue weighted by Crippen LogP contribution is -2.44. The van der Waals surface area contributed by atoms with Gasteiger partial charge in [-0.25, -0.2) is 0 Å². The van der Waals surface area contributed by atoms with Crippen LogP contribution in [-0.4, -0.2) is 24.6 Å². The maximum absolute atomic E-state index is 10.9. The van der Waals surface area contributed by atoms with Crippen LogP contribution >= 0.6 is 11.3 Å². The van der Waals surface area contributed by atoms with E-state index in [1.165, 1.54) is 24.2 Å². The van der Waals surface area contributed by atoms with Gasteiger partial charge in [0, 0.05) is 30.7 Å². The number of piperidine rings is 1. The lowest BCUT2D eigenvalue weighted by molar-refractivity contribution is 0.226. The van der Waals surface area contributed by atoms with E-state index in [1.807, 2.05) is 5.38 Å². The maximum atomic E-state index is 10.9. The van der Waals surface area contributed by atoms with Crippen molar-refractivity contribution in [2.24, 2.45) is 5.41 Å². The third-order valence-corrected chi connectivity index (χ3v) is 3.84. The van der Waals surface area contributed by atoms with Crippen LogP contribution in [-0.2, 0) is 6.54 Å². The molecule has 1 atom stereocenters. The molecule has 0 radical (unpaired) electrons. The summed E-state index contributed by atoms with van der Waals surface area (Å²) in [5, 5.41) is 8.74. The van der Waals surface area contributed by atoms with Crippen LogP contribution in [0.25, 0.3) is 0 Å². The van der Waals surface area contributed by atoms with Gasteiger partial charge in [-0.3, -0.25) is 4.79 Å². The summed E-state index contributed by atoms with van der Waals surface area (Å²) in [6.07, 6.45) is 2.53. The summed E-state index contributed by atoms with van der Waals surface area (Å²) in [5.74, 6) is 0. The van der Waals surface area contributed by atoms with Gasteiger partial charge in [0.2, 0.25) is 0 Å². The van der Waals surface area contributed by atoms with Crippen LogP contribution in [0.1, 0.15) is 25.5 Å². The van der Waals surface area contributed by atoms with Crippen LogP contribution < -0.4 is 15.5 Å². The molecule has 1 aromatic heterocycles. The first-order valence-electron chi connectivity index (χ1n) is 5.76. The van der Waals surface area contributed by atoms with E-state index in [4.69, 9.17) is 0 Å². The second kappa shape index (κ2) is 5.12. The van der Waals surface area contributed by atoms with Gasteiger partial charge in [0.05, 0.1) is 0 Å². The number of hydrogen-bond acceptors (Lipinski definition) is 4. The summed E-state index contributed by atoms with van der Waals surface area (Å²) in [5.41, 5.74) is 1.34. The maximum Gasteiger partial charge on any atom is 0.304 e. The van der Waals surface area contributed by atoms with E-state index in [-0.39, 0.29) is 4.87 Å². The Hall–Kier alpha value is -0.650. The molecule has 4 nitrogen and oxygen atoms in total. The molecule has 90 valence electrons. The van der Waals surface area contributed by atoms with Gasteiger partial charge in [-0.15, -0.1) is 0 Å². The van der Waals surface area contributed by atoms with Crippen molar-refractivity contribution < 1.29 is 0 Å². The Balaban J connectivity index is 1.76. The highest BCUT2D eigenvalue weighted by atomic mass is 32.1. The molecular weight excluding hydrogens is 222 g/mol. The predicted molar refractivity (Wildman–Crippen MR) is 66.9 cm³/mol. The first kappa shape index (κ1) is 11.8. The second-order valence-corrected chi connectivity index (χ2v) is 5.71. The number of aromatic amines is 1. The SMILES string of the molecule is CC1(CNCc2csc(=O)[nH]2)CCCNC1. The van der Waals surface area contributed by atoms with Crippen LogP contribution in [0.15, 0.2) is 10.2 Å². The van der Waals surface area contributed by atoms with E-state index in [0.717, 1.165) is 31.9 Å². The summed E-state index contributed by atoms with van der Waals surface area (Å²) in [7, 11) is 0. The van der Waals surface area contributed by atoms with E-state index in [1.54, 1.807) is 0 Å².